The molecule has 6 rings (SSSR count). The molecule has 1 aliphatic heterocycles. The lowest BCUT2D eigenvalue weighted by atomic mass is 10.1. The number of hydrogen-bond donors (Lipinski definition) is 1. The molecule has 0 atom stereocenters. The predicted molar refractivity (Wildman–Crippen MR) is 157 cm³/mol. The van der Waals surface area contributed by atoms with Crippen molar-refractivity contribution in [3.63, 3.8) is 0 Å². The number of benzene rings is 2. The molecule has 0 radical (unpaired) electrons. The first-order valence-corrected chi connectivity index (χ1v) is 14.0. The van der Waals surface area contributed by atoms with Crippen LogP contribution in [0.4, 0.5) is 4.79 Å². The summed E-state index contributed by atoms with van der Waals surface area (Å²) in [6, 6.07) is 25.6. The zero-order valence-electron chi connectivity index (χ0n) is 22.1. The van der Waals surface area contributed by atoms with Crippen molar-refractivity contribution in [3.8, 4) is 21.7 Å². The van der Waals surface area contributed by atoms with E-state index in [1.54, 1.807) is 0 Å². The first-order valence-electron chi connectivity index (χ1n) is 13.2. The highest BCUT2D eigenvalue weighted by Crippen LogP contribution is 2.35. The van der Waals surface area contributed by atoms with Crippen LogP contribution in [0.1, 0.15) is 26.5 Å². The first-order chi connectivity index (χ1) is 18.3. The fourth-order valence-corrected chi connectivity index (χ4v) is 6.12. The van der Waals surface area contributed by atoms with E-state index in [1.807, 2.05) is 43.1 Å². The van der Waals surface area contributed by atoms with Crippen molar-refractivity contribution < 1.29 is 4.79 Å². The number of amides is 2. The van der Waals surface area contributed by atoms with E-state index in [4.69, 9.17) is 4.98 Å². The molecule has 3 aromatic heterocycles. The summed E-state index contributed by atoms with van der Waals surface area (Å²) in [6.45, 7) is 9.91. The van der Waals surface area contributed by atoms with Crippen molar-refractivity contribution in [2.24, 2.45) is 0 Å². The van der Waals surface area contributed by atoms with Crippen LogP contribution in [0.2, 0.25) is 0 Å². The van der Waals surface area contributed by atoms with Crippen molar-refractivity contribution in [3.05, 3.63) is 84.7 Å². The molecule has 0 unspecified atom stereocenters. The van der Waals surface area contributed by atoms with Crippen LogP contribution in [-0.4, -0.2) is 56.9 Å². The number of aromatic nitrogens is 2. The Hall–Kier alpha value is -3.68. The van der Waals surface area contributed by atoms with Crippen molar-refractivity contribution in [2.75, 3.05) is 26.2 Å². The monoisotopic (exact) mass is 523 g/mol. The minimum atomic E-state index is -0.235. The summed E-state index contributed by atoms with van der Waals surface area (Å²) in [5.74, 6) is 0. The van der Waals surface area contributed by atoms with Gasteiger partial charge in [-0.2, -0.15) is 0 Å². The number of thiophene rings is 1. The highest BCUT2D eigenvalue weighted by atomic mass is 32.1. The molecule has 2 aromatic carbocycles. The molecule has 1 saturated heterocycles. The number of nitrogens with one attached hydrogen (secondary N) is 1. The number of fused-ring (bicyclic) bond motifs is 2. The maximum atomic E-state index is 12.7. The first kappa shape index (κ1) is 24.6. The molecule has 5 aromatic rings. The average molecular weight is 524 g/mol. The normalized spacial score (nSPS) is 14.9. The van der Waals surface area contributed by atoms with E-state index >= 15 is 0 Å². The van der Waals surface area contributed by atoms with Crippen LogP contribution < -0.4 is 5.32 Å². The second kappa shape index (κ2) is 9.89. The van der Waals surface area contributed by atoms with Crippen LogP contribution in [0, 0.1) is 0 Å². The van der Waals surface area contributed by atoms with Gasteiger partial charge in [0.05, 0.1) is 11.4 Å². The quantitative estimate of drug-likeness (QED) is 0.292. The van der Waals surface area contributed by atoms with Crippen molar-refractivity contribution in [2.45, 2.75) is 32.9 Å². The number of rotatable bonds is 4. The molecule has 1 N–H and O–H groups in total. The number of hydrogen-bond acceptors (Lipinski definition) is 4. The van der Waals surface area contributed by atoms with Crippen LogP contribution in [0.3, 0.4) is 0 Å². The lowest BCUT2D eigenvalue weighted by molar-refractivity contribution is 0.130. The van der Waals surface area contributed by atoms with Gasteiger partial charge in [-0.3, -0.25) is 4.90 Å². The van der Waals surface area contributed by atoms with Gasteiger partial charge < -0.3 is 14.6 Å². The van der Waals surface area contributed by atoms with Crippen LogP contribution in [0.25, 0.3) is 37.4 Å². The Labute approximate surface area is 227 Å². The standard InChI is InChI=1S/C31H33N5OS/c1-31(2,3)33-30(37)35-17-15-34(16-18-35)21-25-29(22-9-5-4-6-10-22)32-28-14-13-24(20-36(25)28)27-19-23-11-7-8-12-26(23)38-27/h4-14,19-20H,15-18,21H2,1-3H3,(H,33,37). The number of piperazine rings is 1. The highest BCUT2D eigenvalue weighted by molar-refractivity contribution is 7.22. The smallest absolute Gasteiger partial charge is 0.317 e. The number of carbonyl (C=O) groups excluding carboxylic acids is 1. The van der Waals surface area contributed by atoms with E-state index in [-0.39, 0.29) is 11.6 Å². The van der Waals surface area contributed by atoms with Crippen molar-refractivity contribution >= 4 is 33.1 Å². The van der Waals surface area contributed by atoms with Gasteiger partial charge in [0.15, 0.2) is 0 Å². The minimum absolute atomic E-state index is 0.0184. The Balaban J connectivity index is 1.32. The number of carbonyl (C=O) groups is 1. The molecule has 38 heavy (non-hydrogen) atoms. The largest absolute Gasteiger partial charge is 0.333 e. The van der Waals surface area contributed by atoms with Crippen molar-refractivity contribution in [1.82, 2.24) is 24.5 Å². The lowest BCUT2D eigenvalue weighted by Gasteiger charge is -2.36. The molecule has 0 saturated carbocycles. The fourth-order valence-electron chi connectivity index (χ4n) is 5.06. The van der Waals surface area contributed by atoms with Gasteiger partial charge in [0.25, 0.3) is 0 Å². The molecule has 194 valence electrons. The fraction of sp³-hybridized carbons (Fsp3) is 0.290. The van der Waals surface area contributed by atoms with Gasteiger partial charge in [-0.1, -0.05) is 48.5 Å². The Morgan fingerprint density at radius 3 is 2.39 bits per heavy atom. The molecule has 1 fully saturated rings. The van der Waals surface area contributed by atoms with E-state index in [0.717, 1.165) is 36.5 Å². The molecule has 4 heterocycles. The summed E-state index contributed by atoms with van der Waals surface area (Å²) in [4.78, 5) is 23.4. The van der Waals surface area contributed by atoms with Gasteiger partial charge in [-0.05, 0) is 50.4 Å². The van der Waals surface area contributed by atoms with E-state index in [9.17, 15) is 4.79 Å². The highest BCUT2D eigenvalue weighted by Gasteiger charge is 2.26. The molecular formula is C31H33N5OS. The molecule has 0 spiro atoms. The van der Waals surface area contributed by atoms with Gasteiger partial charge in [0.1, 0.15) is 5.65 Å². The number of nitrogens with zero attached hydrogens (tertiary/aromatic N) is 4. The third-order valence-corrected chi connectivity index (χ3v) is 8.15. The summed E-state index contributed by atoms with van der Waals surface area (Å²) < 4.78 is 3.56. The van der Waals surface area contributed by atoms with Crippen LogP contribution in [0.5, 0.6) is 0 Å². The molecule has 0 bridgehead atoms. The van der Waals surface area contributed by atoms with Crippen LogP contribution in [0.15, 0.2) is 79.0 Å². The Bertz CT molecular complexity index is 1560. The van der Waals surface area contributed by atoms with Gasteiger partial charge in [-0.15, -0.1) is 11.3 Å². The third kappa shape index (κ3) is 5.04. The van der Waals surface area contributed by atoms with Gasteiger partial charge >= 0.3 is 6.03 Å². The van der Waals surface area contributed by atoms with E-state index < -0.39 is 0 Å². The zero-order valence-corrected chi connectivity index (χ0v) is 23.0. The molecule has 6 nitrogen and oxygen atoms in total. The summed E-state index contributed by atoms with van der Waals surface area (Å²) in [7, 11) is 0. The molecule has 1 aliphatic rings. The number of urea groups is 1. The Morgan fingerprint density at radius 1 is 0.921 bits per heavy atom. The zero-order chi connectivity index (χ0) is 26.3. The molecule has 7 heteroatoms. The van der Waals surface area contributed by atoms with Gasteiger partial charge in [-0.25, -0.2) is 9.78 Å². The van der Waals surface area contributed by atoms with E-state index in [0.29, 0.717) is 13.1 Å². The van der Waals surface area contributed by atoms with Crippen LogP contribution >= 0.6 is 11.3 Å². The predicted octanol–water partition coefficient (Wildman–Crippen LogP) is 6.51. The summed E-state index contributed by atoms with van der Waals surface area (Å²) >= 11 is 1.82. The maximum Gasteiger partial charge on any atom is 0.317 e. The number of pyridine rings is 1. The van der Waals surface area contributed by atoms with Gasteiger partial charge in [0.2, 0.25) is 0 Å². The van der Waals surface area contributed by atoms with E-state index in [1.165, 1.54) is 26.2 Å². The Kier molecular flexibility index (Phi) is 6.41. The maximum absolute atomic E-state index is 12.7. The third-order valence-electron chi connectivity index (χ3n) is 6.99. The SMILES string of the molecule is CC(C)(C)NC(=O)N1CCN(Cc2c(-c3ccccc3)nc3ccc(-c4cc5ccccc5s4)cn23)CC1. The molecule has 0 aliphatic carbocycles. The summed E-state index contributed by atoms with van der Waals surface area (Å²) in [6.07, 6.45) is 2.24. The second-order valence-corrected chi connectivity index (χ2v) is 12.1. The van der Waals surface area contributed by atoms with E-state index in [2.05, 4.69) is 87.5 Å². The lowest BCUT2D eigenvalue weighted by Crippen LogP contribution is -2.54. The Morgan fingerprint density at radius 2 is 1.66 bits per heavy atom. The molecule has 2 amide bonds. The summed E-state index contributed by atoms with van der Waals surface area (Å²) in [5.41, 5.74) is 5.24. The second-order valence-electron chi connectivity index (χ2n) is 11.0. The summed E-state index contributed by atoms with van der Waals surface area (Å²) in [5, 5.41) is 4.37. The average Bonchev–Trinajstić information content (AvgIpc) is 3.50. The van der Waals surface area contributed by atoms with Crippen LogP contribution in [-0.2, 0) is 6.54 Å². The van der Waals surface area contributed by atoms with Gasteiger partial charge in [0, 0.05) is 65.2 Å². The topological polar surface area (TPSA) is 52.9 Å². The minimum Gasteiger partial charge on any atom is -0.333 e. The van der Waals surface area contributed by atoms with Crippen molar-refractivity contribution in [1.29, 1.82) is 0 Å². The number of imidazole rings is 1. The molecular weight excluding hydrogens is 490 g/mol.